The Bertz CT molecular complexity index is 909. The van der Waals surface area contributed by atoms with Crippen LogP contribution < -0.4 is 9.47 Å². The fourth-order valence-corrected chi connectivity index (χ4v) is 4.45. The molecule has 164 valence electrons. The number of aryl methyl sites for hydroxylation is 1. The summed E-state index contributed by atoms with van der Waals surface area (Å²) in [4.78, 5) is 0. The van der Waals surface area contributed by atoms with Gasteiger partial charge in [0.2, 0.25) is 0 Å². The van der Waals surface area contributed by atoms with Crippen molar-refractivity contribution in [1.82, 2.24) is 0 Å². The summed E-state index contributed by atoms with van der Waals surface area (Å²) in [5, 5.41) is 0. The number of ether oxygens (including phenoxy) is 4. The highest BCUT2D eigenvalue weighted by molar-refractivity contribution is 5.68. The highest BCUT2D eigenvalue weighted by Gasteiger charge is 2.21. The van der Waals surface area contributed by atoms with Gasteiger partial charge in [0.1, 0.15) is 24.7 Å². The van der Waals surface area contributed by atoms with Crippen molar-refractivity contribution >= 4 is 5.57 Å². The summed E-state index contributed by atoms with van der Waals surface area (Å²) in [6.45, 7) is 5.19. The lowest BCUT2D eigenvalue weighted by molar-refractivity contribution is -0.0722. The van der Waals surface area contributed by atoms with Crippen LogP contribution >= 0.6 is 0 Å². The predicted molar refractivity (Wildman–Crippen MR) is 122 cm³/mol. The SMILES string of the molecule is Cc1cc(C2=CCC(c3ccc(OCC4CCO4)cc3)CC2)ccc1OCC1CCO1. The van der Waals surface area contributed by atoms with Crippen LogP contribution in [-0.4, -0.2) is 38.6 Å². The summed E-state index contributed by atoms with van der Waals surface area (Å²) in [6.07, 6.45) is 8.56. The minimum absolute atomic E-state index is 0.273. The molecule has 0 radical (unpaired) electrons. The van der Waals surface area contributed by atoms with E-state index in [0.29, 0.717) is 19.1 Å². The van der Waals surface area contributed by atoms with Crippen LogP contribution in [-0.2, 0) is 9.47 Å². The molecule has 2 saturated heterocycles. The van der Waals surface area contributed by atoms with Gasteiger partial charge >= 0.3 is 0 Å². The van der Waals surface area contributed by atoms with Crippen LogP contribution in [0.4, 0.5) is 0 Å². The van der Waals surface area contributed by atoms with Gasteiger partial charge in [-0.3, -0.25) is 0 Å². The third-order valence-electron chi connectivity index (χ3n) is 6.76. The maximum absolute atomic E-state index is 5.95. The first kappa shape index (κ1) is 20.6. The minimum Gasteiger partial charge on any atom is -0.491 e. The average molecular weight is 421 g/mol. The van der Waals surface area contributed by atoms with Crippen LogP contribution in [0.1, 0.15) is 54.7 Å². The summed E-state index contributed by atoms with van der Waals surface area (Å²) in [7, 11) is 0. The predicted octanol–water partition coefficient (Wildman–Crippen LogP) is 5.68. The van der Waals surface area contributed by atoms with Crippen LogP contribution in [0.3, 0.4) is 0 Å². The van der Waals surface area contributed by atoms with Crippen LogP contribution in [0.5, 0.6) is 11.5 Å². The summed E-state index contributed by atoms with van der Waals surface area (Å²) in [5.41, 5.74) is 5.38. The molecule has 0 amide bonds. The van der Waals surface area contributed by atoms with Crippen LogP contribution in [0.25, 0.3) is 5.57 Å². The quantitative estimate of drug-likeness (QED) is 0.550. The van der Waals surface area contributed by atoms with Gasteiger partial charge in [-0.15, -0.1) is 0 Å². The number of allylic oxidation sites excluding steroid dienone is 2. The molecule has 4 nitrogen and oxygen atoms in total. The molecule has 2 aromatic rings. The van der Waals surface area contributed by atoms with Crippen molar-refractivity contribution in [2.75, 3.05) is 26.4 Å². The van der Waals surface area contributed by atoms with Crippen molar-refractivity contribution in [3.05, 3.63) is 65.2 Å². The van der Waals surface area contributed by atoms with E-state index in [1.54, 1.807) is 0 Å². The first-order valence-corrected chi connectivity index (χ1v) is 11.6. The first-order valence-electron chi connectivity index (χ1n) is 11.6. The molecule has 5 rings (SSSR count). The van der Waals surface area contributed by atoms with Crippen LogP contribution in [0.2, 0.25) is 0 Å². The Labute approximate surface area is 185 Å². The van der Waals surface area contributed by atoms with Gasteiger partial charge < -0.3 is 18.9 Å². The molecule has 0 spiro atoms. The van der Waals surface area contributed by atoms with E-state index >= 15 is 0 Å². The van der Waals surface area contributed by atoms with Crippen LogP contribution in [0.15, 0.2) is 48.5 Å². The van der Waals surface area contributed by atoms with Crippen molar-refractivity contribution in [3.8, 4) is 11.5 Å². The lowest BCUT2D eigenvalue weighted by Crippen LogP contribution is -2.32. The van der Waals surface area contributed by atoms with E-state index in [0.717, 1.165) is 50.4 Å². The Kier molecular flexibility index (Phi) is 6.28. The molecule has 3 atom stereocenters. The number of hydrogen-bond acceptors (Lipinski definition) is 4. The molecule has 2 heterocycles. The molecule has 2 fully saturated rings. The van der Waals surface area contributed by atoms with E-state index in [2.05, 4.69) is 55.5 Å². The van der Waals surface area contributed by atoms with Crippen molar-refractivity contribution in [2.45, 2.75) is 57.2 Å². The lowest BCUT2D eigenvalue weighted by atomic mass is 9.82. The van der Waals surface area contributed by atoms with Gasteiger partial charge in [0.05, 0.1) is 12.2 Å². The molecule has 3 aliphatic rings. The number of rotatable bonds is 8. The third kappa shape index (κ3) is 4.97. The monoisotopic (exact) mass is 420 g/mol. The highest BCUT2D eigenvalue weighted by atomic mass is 16.6. The minimum atomic E-state index is 0.273. The Hall–Kier alpha value is -2.30. The third-order valence-corrected chi connectivity index (χ3v) is 6.76. The van der Waals surface area contributed by atoms with Crippen molar-refractivity contribution in [3.63, 3.8) is 0 Å². The van der Waals surface area contributed by atoms with Crippen molar-refractivity contribution in [1.29, 1.82) is 0 Å². The zero-order chi connectivity index (χ0) is 21.0. The molecule has 3 unspecified atom stereocenters. The van der Waals surface area contributed by atoms with Gasteiger partial charge in [0.25, 0.3) is 0 Å². The highest BCUT2D eigenvalue weighted by Crippen LogP contribution is 2.37. The summed E-state index contributed by atoms with van der Waals surface area (Å²) < 4.78 is 22.6. The van der Waals surface area contributed by atoms with E-state index in [1.807, 2.05) is 0 Å². The van der Waals surface area contributed by atoms with E-state index in [1.165, 1.54) is 28.7 Å². The Morgan fingerprint density at radius 2 is 1.58 bits per heavy atom. The fraction of sp³-hybridized carbons (Fsp3) is 0.481. The normalized spacial score (nSPS) is 25.2. The standard InChI is InChI=1S/C27H32O4/c1-19-16-23(8-11-27(19)31-18-26-13-15-29-26)22-4-2-20(3-5-22)21-6-9-24(10-7-21)30-17-25-12-14-28-25/h4,6-11,16,20,25-26H,2-3,5,12-15,17-18H2,1H3. The number of benzene rings is 2. The molecular weight excluding hydrogens is 388 g/mol. The fourth-order valence-electron chi connectivity index (χ4n) is 4.45. The molecule has 2 aliphatic heterocycles. The summed E-state index contributed by atoms with van der Waals surface area (Å²) >= 11 is 0. The molecule has 0 N–H and O–H groups in total. The van der Waals surface area contributed by atoms with E-state index < -0.39 is 0 Å². The topological polar surface area (TPSA) is 36.9 Å². The van der Waals surface area contributed by atoms with Gasteiger partial charge in [0, 0.05) is 26.1 Å². The molecule has 0 saturated carbocycles. The molecule has 0 aromatic heterocycles. The van der Waals surface area contributed by atoms with E-state index in [4.69, 9.17) is 18.9 Å². The van der Waals surface area contributed by atoms with Gasteiger partial charge in [-0.25, -0.2) is 0 Å². The zero-order valence-electron chi connectivity index (χ0n) is 18.3. The second kappa shape index (κ2) is 9.46. The summed E-state index contributed by atoms with van der Waals surface area (Å²) in [5.74, 6) is 2.49. The van der Waals surface area contributed by atoms with E-state index in [-0.39, 0.29) is 12.2 Å². The Balaban J connectivity index is 1.16. The van der Waals surface area contributed by atoms with Crippen molar-refractivity contribution in [2.24, 2.45) is 0 Å². The molecular formula is C27H32O4. The Morgan fingerprint density at radius 1 is 0.871 bits per heavy atom. The molecule has 31 heavy (non-hydrogen) atoms. The van der Waals surface area contributed by atoms with Gasteiger partial charge in [-0.1, -0.05) is 24.3 Å². The largest absolute Gasteiger partial charge is 0.491 e. The number of hydrogen-bond donors (Lipinski definition) is 0. The molecule has 0 bridgehead atoms. The maximum Gasteiger partial charge on any atom is 0.122 e. The van der Waals surface area contributed by atoms with Crippen LogP contribution in [0, 0.1) is 6.92 Å². The second-order valence-corrected chi connectivity index (χ2v) is 8.93. The van der Waals surface area contributed by atoms with Crippen molar-refractivity contribution < 1.29 is 18.9 Å². The van der Waals surface area contributed by atoms with Gasteiger partial charge in [-0.05, 0) is 78.6 Å². The lowest BCUT2D eigenvalue weighted by Gasteiger charge is -2.27. The van der Waals surface area contributed by atoms with Gasteiger partial charge in [0.15, 0.2) is 0 Å². The Morgan fingerprint density at radius 3 is 2.16 bits per heavy atom. The zero-order valence-corrected chi connectivity index (χ0v) is 18.3. The smallest absolute Gasteiger partial charge is 0.122 e. The summed E-state index contributed by atoms with van der Waals surface area (Å²) in [6, 6.07) is 15.2. The molecule has 2 aromatic carbocycles. The average Bonchev–Trinajstić information content (AvgIpc) is 2.73. The second-order valence-electron chi connectivity index (χ2n) is 8.93. The molecule has 4 heteroatoms. The maximum atomic E-state index is 5.95. The van der Waals surface area contributed by atoms with Gasteiger partial charge in [-0.2, -0.15) is 0 Å². The van der Waals surface area contributed by atoms with E-state index in [9.17, 15) is 0 Å². The molecule has 1 aliphatic carbocycles. The first-order chi connectivity index (χ1) is 15.2.